The standard InChI is InChI=1S/C26H29BN2O2/c1-5-8-19-20-10-9-18(16-27)29-24(20)31-23(19)22(25(2,3)4)21-15-17(11-14-28-21)26(30)12-6-7-13-26/h1,8-11,14-15,30H,6-7,12-13,16,27H2,2-4H3/b19-8-,23-22+. The Bertz CT molecular complexity index is 1290. The lowest BCUT2D eigenvalue weighted by Gasteiger charge is -2.26. The minimum Gasteiger partial charge on any atom is -0.437 e. The van der Waals surface area contributed by atoms with Crippen molar-refractivity contribution in [1.82, 2.24) is 9.97 Å². The van der Waals surface area contributed by atoms with E-state index < -0.39 is 5.60 Å². The van der Waals surface area contributed by atoms with Crippen molar-refractivity contribution in [2.45, 2.75) is 58.4 Å². The molecule has 1 N–H and O–H groups in total. The van der Waals surface area contributed by atoms with Gasteiger partial charge in [-0.05, 0) is 60.5 Å². The highest BCUT2D eigenvalue weighted by atomic mass is 16.3. The highest BCUT2D eigenvalue weighted by Gasteiger charge is 2.34. The minimum absolute atomic E-state index is 0.275. The number of aliphatic hydroxyl groups is 1. The Hall–Kier alpha value is -2.84. The van der Waals surface area contributed by atoms with E-state index in [4.69, 9.17) is 15.8 Å². The molecule has 0 radical (unpaired) electrons. The number of pyridine rings is 2. The molecule has 0 spiro atoms. The molecule has 1 saturated carbocycles. The van der Waals surface area contributed by atoms with Crippen molar-refractivity contribution in [1.29, 1.82) is 0 Å². The highest BCUT2D eigenvalue weighted by molar-refractivity contribution is 6.08. The predicted octanol–water partition coefficient (Wildman–Crippen LogP) is 2.78. The SMILES string of the molecule is BCc1ccc2c(=C/C#C)/c(=C(/c3cc(C4(O)CCCC4)ccn3)C(C)(C)C)oc2n1. The quantitative estimate of drug-likeness (QED) is 0.531. The molecule has 0 amide bonds. The zero-order chi connectivity index (χ0) is 22.2. The Morgan fingerprint density at radius 2 is 2.03 bits per heavy atom. The molecule has 3 aromatic heterocycles. The topological polar surface area (TPSA) is 59.2 Å². The van der Waals surface area contributed by atoms with Gasteiger partial charge in [0, 0.05) is 28.1 Å². The summed E-state index contributed by atoms with van der Waals surface area (Å²) in [6.45, 7) is 6.41. The summed E-state index contributed by atoms with van der Waals surface area (Å²) < 4.78 is 6.35. The van der Waals surface area contributed by atoms with Gasteiger partial charge in [-0.3, -0.25) is 4.98 Å². The van der Waals surface area contributed by atoms with Crippen molar-refractivity contribution in [3.63, 3.8) is 0 Å². The molecular formula is C26H29BN2O2. The summed E-state index contributed by atoms with van der Waals surface area (Å²) >= 11 is 0. The maximum absolute atomic E-state index is 11.1. The Labute approximate surface area is 184 Å². The number of terminal acetylenes is 1. The molecule has 4 nitrogen and oxygen atoms in total. The summed E-state index contributed by atoms with van der Waals surface area (Å²) in [5, 5.41) is 12.9. The van der Waals surface area contributed by atoms with Crippen LogP contribution in [0.15, 0.2) is 34.9 Å². The van der Waals surface area contributed by atoms with Gasteiger partial charge in [0.1, 0.15) is 13.3 Å². The molecule has 0 unspecified atom stereocenters. The number of hydrogen-bond acceptors (Lipinski definition) is 4. The van der Waals surface area contributed by atoms with Crippen LogP contribution in [0, 0.1) is 17.8 Å². The summed E-state index contributed by atoms with van der Waals surface area (Å²) in [4.78, 5) is 9.37. The van der Waals surface area contributed by atoms with E-state index in [-0.39, 0.29) is 5.41 Å². The first-order chi connectivity index (χ1) is 14.8. The van der Waals surface area contributed by atoms with Gasteiger partial charge in [0.2, 0.25) is 5.71 Å². The predicted molar refractivity (Wildman–Crippen MR) is 127 cm³/mol. The smallest absolute Gasteiger partial charge is 0.227 e. The summed E-state index contributed by atoms with van der Waals surface area (Å²) in [5.74, 6) is 2.66. The average Bonchev–Trinajstić information content (AvgIpc) is 3.32. The number of furan rings is 1. The van der Waals surface area contributed by atoms with Crippen molar-refractivity contribution < 1.29 is 9.52 Å². The molecule has 31 heavy (non-hydrogen) atoms. The van der Waals surface area contributed by atoms with E-state index >= 15 is 0 Å². The van der Waals surface area contributed by atoms with Crippen molar-refractivity contribution in [3.05, 3.63) is 58.0 Å². The van der Waals surface area contributed by atoms with E-state index in [0.717, 1.165) is 65.1 Å². The van der Waals surface area contributed by atoms with Crippen LogP contribution in [0.25, 0.3) is 22.7 Å². The first kappa shape index (κ1) is 21.4. The summed E-state index contributed by atoms with van der Waals surface area (Å²) in [5.41, 5.74) is 3.87. The van der Waals surface area contributed by atoms with Crippen LogP contribution in [0.3, 0.4) is 0 Å². The second kappa shape index (κ2) is 8.02. The van der Waals surface area contributed by atoms with E-state index in [9.17, 15) is 5.11 Å². The number of rotatable bonds is 3. The van der Waals surface area contributed by atoms with Crippen LogP contribution < -0.4 is 10.6 Å². The van der Waals surface area contributed by atoms with Crippen LogP contribution in [0.1, 0.15) is 63.4 Å². The molecule has 4 rings (SSSR count). The van der Waals surface area contributed by atoms with E-state index in [1.807, 2.05) is 24.3 Å². The molecular weight excluding hydrogens is 383 g/mol. The maximum Gasteiger partial charge on any atom is 0.227 e. The molecule has 0 aromatic carbocycles. The van der Waals surface area contributed by atoms with Gasteiger partial charge in [0.15, 0.2) is 0 Å². The van der Waals surface area contributed by atoms with Crippen molar-refractivity contribution in [3.8, 4) is 12.3 Å². The molecule has 0 aliphatic heterocycles. The maximum atomic E-state index is 11.1. The second-order valence-electron chi connectivity index (χ2n) is 9.46. The number of fused-ring (bicyclic) bond motifs is 1. The van der Waals surface area contributed by atoms with Crippen LogP contribution in [0.2, 0.25) is 0 Å². The zero-order valence-corrected chi connectivity index (χ0v) is 18.8. The average molecular weight is 412 g/mol. The monoisotopic (exact) mass is 412 g/mol. The van der Waals surface area contributed by atoms with E-state index in [2.05, 4.69) is 39.5 Å². The summed E-state index contributed by atoms with van der Waals surface area (Å²) in [6.07, 6.45) is 13.7. The Morgan fingerprint density at radius 1 is 1.29 bits per heavy atom. The number of nitrogens with zero attached hydrogens (tertiary/aromatic N) is 2. The van der Waals surface area contributed by atoms with Crippen LogP contribution >= 0.6 is 0 Å². The number of aromatic nitrogens is 2. The normalized spacial score (nSPS) is 17.7. The Kier molecular flexibility index (Phi) is 5.53. The van der Waals surface area contributed by atoms with Gasteiger partial charge >= 0.3 is 0 Å². The molecule has 0 atom stereocenters. The van der Waals surface area contributed by atoms with E-state index in [1.165, 1.54) is 0 Å². The molecule has 0 saturated heterocycles. The fourth-order valence-corrected chi connectivity index (χ4v) is 4.59. The molecule has 1 aliphatic carbocycles. The van der Waals surface area contributed by atoms with Gasteiger partial charge in [0.05, 0.1) is 11.3 Å². The molecule has 3 aromatic rings. The third-order valence-electron chi connectivity index (χ3n) is 6.20. The Balaban J connectivity index is 2.07. The van der Waals surface area contributed by atoms with Crippen LogP contribution in [-0.4, -0.2) is 22.9 Å². The fourth-order valence-electron chi connectivity index (χ4n) is 4.59. The first-order valence-electron chi connectivity index (χ1n) is 11.1. The van der Waals surface area contributed by atoms with Crippen LogP contribution in [-0.2, 0) is 11.9 Å². The van der Waals surface area contributed by atoms with Crippen molar-refractivity contribution >= 4 is 30.6 Å². The number of hydrogen-bond donors (Lipinski definition) is 1. The lowest BCUT2D eigenvalue weighted by atomic mass is 9.82. The van der Waals surface area contributed by atoms with Gasteiger partial charge < -0.3 is 9.52 Å². The molecule has 158 valence electrons. The summed E-state index contributed by atoms with van der Waals surface area (Å²) in [7, 11) is 2.07. The van der Waals surface area contributed by atoms with Gasteiger partial charge in [-0.2, -0.15) is 0 Å². The molecule has 5 heteroatoms. The third kappa shape index (κ3) is 3.93. The van der Waals surface area contributed by atoms with Crippen molar-refractivity contribution in [2.24, 2.45) is 5.41 Å². The van der Waals surface area contributed by atoms with Gasteiger partial charge in [-0.15, -0.1) is 6.42 Å². The second-order valence-corrected chi connectivity index (χ2v) is 9.46. The van der Waals surface area contributed by atoms with Gasteiger partial charge in [-0.25, -0.2) is 4.98 Å². The molecule has 1 fully saturated rings. The lowest BCUT2D eigenvalue weighted by molar-refractivity contribution is 0.0443. The van der Waals surface area contributed by atoms with E-state index in [0.29, 0.717) is 11.1 Å². The highest BCUT2D eigenvalue weighted by Crippen LogP contribution is 2.40. The van der Waals surface area contributed by atoms with Crippen LogP contribution in [0.4, 0.5) is 0 Å². The first-order valence-corrected chi connectivity index (χ1v) is 11.1. The van der Waals surface area contributed by atoms with Gasteiger partial charge in [-0.1, -0.05) is 39.5 Å². The zero-order valence-electron chi connectivity index (χ0n) is 18.8. The van der Waals surface area contributed by atoms with Gasteiger partial charge in [0.25, 0.3) is 0 Å². The van der Waals surface area contributed by atoms with E-state index in [1.54, 1.807) is 12.3 Å². The Morgan fingerprint density at radius 3 is 2.68 bits per heavy atom. The summed E-state index contributed by atoms with van der Waals surface area (Å²) in [6, 6.07) is 7.99. The largest absolute Gasteiger partial charge is 0.437 e. The molecule has 1 aliphatic rings. The minimum atomic E-state index is -0.778. The fraction of sp³-hybridized carbons (Fsp3) is 0.385. The third-order valence-corrected chi connectivity index (χ3v) is 6.20. The van der Waals surface area contributed by atoms with Crippen molar-refractivity contribution in [2.75, 3.05) is 0 Å². The molecule has 0 bridgehead atoms. The lowest BCUT2D eigenvalue weighted by Crippen LogP contribution is -2.30. The van der Waals surface area contributed by atoms with Crippen LogP contribution in [0.5, 0.6) is 0 Å². The molecule has 3 heterocycles.